The summed E-state index contributed by atoms with van der Waals surface area (Å²) in [6.45, 7) is 0.402. The SMILES string of the molecule is Nc1[nH]ncc1S(=O)(=O)NCCC1=CCCCC1. The Morgan fingerprint density at radius 2 is 2.28 bits per heavy atom. The van der Waals surface area contributed by atoms with Crippen LogP contribution in [0, 0.1) is 0 Å². The van der Waals surface area contributed by atoms with E-state index >= 15 is 0 Å². The summed E-state index contributed by atoms with van der Waals surface area (Å²) in [4.78, 5) is 0.0140. The maximum Gasteiger partial charge on any atom is 0.245 e. The zero-order valence-corrected chi connectivity index (χ0v) is 11.0. The number of rotatable bonds is 5. The second-order valence-electron chi connectivity index (χ2n) is 4.40. The van der Waals surface area contributed by atoms with Crippen LogP contribution < -0.4 is 10.5 Å². The number of H-pyrrole nitrogens is 1. The van der Waals surface area contributed by atoms with Crippen LogP contribution in [0.15, 0.2) is 22.7 Å². The van der Waals surface area contributed by atoms with E-state index in [1.165, 1.54) is 24.6 Å². The smallest absolute Gasteiger partial charge is 0.245 e. The van der Waals surface area contributed by atoms with E-state index in [1.807, 2.05) is 0 Å². The third kappa shape index (κ3) is 3.11. The van der Waals surface area contributed by atoms with Crippen molar-refractivity contribution in [3.8, 4) is 0 Å². The van der Waals surface area contributed by atoms with Crippen molar-refractivity contribution < 1.29 is 8.42 Å². The van der Waals surface area contributed by atoms with Gasteiger partial charge in [-0.05, 0) is 32.1 Å². The first-order valence-corrected chi connectivity index (χ1v) is 7.54. The minimum absolute atomic E-state index is 0.0140. The van der Waals surface area contributed by atoms with Crippen molar-refractivity contribution in [1.82, 2.24) is 14.9 Å². The molecule has 0 aromatic carbocycles. The second-order valence-corrected chi connectivity index (χ2v) is 6.14. The largest absolute Gasteiger partial charge is 0.383 e. The Kier molecular flexibility index (Phi) is 4.03. The molecule has 2 rings (SSSR count). The monoisotopic (exact) mass is 270 g/mol. The summed E-state index contributed by atoms with van der Waals surface area (Å²) < 4.78 is 26.3. The van der Waals surface area contributed by atoms with E-state index in [0.29, 0.717) is 6.54 Å². The standard InChI is InChI=1S/C11H18N4O2S/c12-11-10(8-13-15-11)18(16,17)14-7-6-9-4-2-1-3-5-9/h4,8,14H,1-3,5-7H2,(H3,12,13,15). The topological polar surface area (TPSA) is 101 Å². The molecule has 0 radical (unpaired) electrons. The first-order valence-electron chi connectivity index (χ1n) is 6.06. The Bertz CT molecular complexity index is 533. The first kappa shape index (κ1) is 13.1. The van der Waals surface area contributed by atoms with E-state index in [1.54, 1.807) is 0 Å². The molecular weight excluding hydrogens is 252 g/mol. The van der Waals surface area contributed by atoms with E-state index in [0.717, 1.165) is 19.3 Å². The van der Waals surface area contributed by atoms with Gasteiger partial charge in [-0.2, -0.15) is 5.10 Å². The van der Waals surface area contributed by atoms with Crippen LogP contribution in [0.1, 0.15) is 32.1 Å². The summed E-state index contributed by atoms with van der Waals surface area (Å²) in [5, 5.41) is 6.02. The van der Waals surface area contributed by atoms with Crippen molar-refractivity contribution in [3.63, 3.8) is 0 Å². The summed E-state index contributed by atoms with van der Waals surface area (Å²) in [6, 6.07) is 0. The number of anilines is 1. The van der Waals surface area contributed by atoms with Gasteiger partial charge in [0.25, 0.3) is 0 Å². The molecule has 6 nitrogen and oxygen atoms in total. The Hall–Kier alpha value is -1.34. The highest BCUT2D eigenvalue weighted by molar-refractivity contribution is 7.89. The molecule has 1 heterocycles. The molecule has 0 atom stereocenters. The fraction of sp³-hybridized carbons (Fsp3) is 0.545. The number of hydrogen-bond acceptors (Lipinski definition) is 4. The molecule has 0 spiro atoms. The normalized spacial score (nSPS) is 16.6. The van der Waals surface area contributed by atoms with Crippen molar-refractivity contribution in [2.75, 3.05) is 12.3 Å². The summed E-state index contributed by atoms with van der Waals surface area (Å²) in [5.41, 5.74) is 6.83. The summed E-state index contributed by atoms with van der Waals surface area (Å²) in [5.74, 6) is 0.0689. The van der Waals surface area contributed by atoms with Crippen molar-refractivity contribution >= 4 is 15.8 Å². The number of nitrogens with zero attached hydrogens (tertiary/aromatic N) is 1. The summed E-state index contributed by atoms with van der Waals surface area (Å²) in [7, 11) is -3.54. The lowest BCUT2D eigenvalue weighted by atomic mass is 9.97. The quantitative estimate of drug-likeness (QED) is 0.699. The van der Waals surface area contributed by atoms with Gasteiger partial charge in [0.1, 0.15) is 10.7 Å². The lowest BCUT2D eigenvalue weighted by molar-refractivity contribution is 0.580. The van der Waals surface area contributed by atoms with E-state index in [9.17, 15) is 8.42 Å². The third-order valence-electron chi connectivity index (χ3n) is 3.05. The zero-order chi connectivity index (χ0) is 13.0. The van der Waals surface area contributed by atoms with Gasteiger partial charge in [0, 0.05) is 6.54 Å². The molecule has 0 amide bonds. The highest BCUT2D eigenvalue weighted by Gasteiger charge is 2.18. The molecule has 7 heteroatoms. The molecule has 1 aliphatic carbocycles. The van der Waals surface area contributed by atoms with Crippen LogP contribution in [0.4, 0.5) is 5.82 Å². The minimum Gasteiger partial charge on any atom is -0.383 e. The van der Waals surface area contributed by atoms with Crippen LogP contribution in [-0.2, 0) is 10.0 Å². The second kappa shape index (κ2) is 5.53. The molecule has 1 aromatic rings. The highest BCUT2D eigenvalue weighted by atomic mass is 32.2. The molecular formula is C11H18N4O2S. The van der Waals surface area contributed by atoms with Gasteiger partial charge in [0.05, 0.1) is 6.20 Å². The lowest BCUT2D eigenvalue weighted by Gasteiger charge is -2.12. The average molecular weight is 270 g/mol. The van der Waals surface area contributed by atoms with Crippen molar-refractivity contribution in [2.45, 2.75) is 37.0 Å². The fourth-order valence-electron chi connectivity index (χ4n) is 2.05. The highest BCUT2D eigenvalue weighted by Crippen LogP contribution is 2.20. The van der Waals surface area contributed by atoms with Gasteiger partial charge in [-0.1, -0.05) is 11.6 Å². The van der Waals surface area contributed by atoms with Crippen LogP contribution in [0.2, 0.25) is 0 Å². The van der Waals surface area contributed by atoms with E-state index < -0.39 is 10.0 Å². The summed E-state index contributed by atoms with van der Waals surface area (Å²) in [6.07, 6.45) is 8.82. The van der Waals surface area contributed by atoms with Gasteiger partial charge in [-0.15, -0.1) is 0 Å². The van der Waals surface area contributed by atoms with Gasteiger partial charge in [0.15, 0.2) is 0 Å². The Morgan fingerprint density at radius 1 is 1.44 bits per heavy atom. The Balaban J connectivity index is 1.90. The van der Waals surface area contributed by atoms with E-state index in [-0.39, 0.29) is 10.7 Å². The van der Waals surface area contributed by atoms with Crippen molar-refractivity contribution in [2.24, 2.45) is 0 Å². The molecule has 1 aliphatic rings. The van der Waals surface area contributed by atoms with Gasteiger partial charge in [-0.25, -0.2) is 13.1 Å². The predicted molar refractivity (Wildman–Crippen MR) is 69.4 cm³/mol. The van der Waals surface area contributed by atoms with Gasteiger partial charge in [-0.3, -0.25) is 5.10 Å². The fourth-order valence-corrected chi connectivity index (χ4v) is 3.11. The number of aromatic nitrogens is 2. The number of allylic oxidation sites excluding steroid dienone is 1. The molecule has 0 unspecified atom stereocenters. The molecule has 0 saturated carbocycles. The number of hydrogen-bond donors (Lipinski definition) is 3. The number of nitrogens with two attached hydrogens (primary N) is 1. The predicted octanol–water partition coefficient (Wildman–Crippen LogP) is 1.16. The maximum absolute atomic E-state index is 11.9. The van der Waals surface area contributed by atoms with Crippen LogP contribution in [0.5, 0.6) is 0 Å². The van der Waals surface area contributed by atoms with Gasteiger partial charge < -0.3 is 5.73 Å². The average Bonchev–Trinajstić information content (AvgIpc) is 2.77. The van der Waals surface area contributed by atoms with Gasteiger partial charge in [0.2, 0.25) is 10.0 Å². The van der Waals surface area contributed by atoms with Crippen LogP contribution in [-0.4, -0.2) is 25.2 Å². The van der Waals surface area contributed by atoms with Crippen LogP contribution >= 0.6 is 0 Å². The van der Waals surface area contributed by atoms with E-state index in [4.69, 9.17) is 5.73 Å². The Morgan fingerprint density at radius 3 is 2.89 bits per heavy atom. The van der Waals surface area contributed by atoms with Crippen molar-refractivity contribution in [1.29, 1.82) is 0 Å². The molecule has 1 aromatic heterocycles. The number of nitrogen functional groups attached to an aromatic ring is 1. The number of aromatic amines is 1. The molecule has 0 saturated heterocycles. The molecule has 0 bridgehead atoms. The molecule has 0 aliphatic heterocycles. The zero-order valence-electron chi connectivity index (χ0n) is 10.1. The molecule has 0 fully saturated rings. The lowest BCUT2D eigenvalue weighted by Crippen LogP contribution is -2.25. The number of nitrogens with one attached hydrogen (secondary N) is 2. The van der Waals surface area contributed by atoms with Crippen molar-refractivity contribution in [3.05, 3.63) is 17.8 Å². The molecule has 4 N–H and O–H groups in total. The molecule has 100 valence electrons. The third-order valence-corrected chi connectivity index (χ3v) is 4.53. The summed E-state index contributed by atoms with van der Waals surface area (Å²) >= 11 is 0. The minimum atomic E-state index is -3.54. The van der Waals surface area contributed by atoms with Gasteiger partial charge >= 0.3 is 0 Å². The van der Waals surface area contributed by atoms with Crippen LogP contribution in [0.3, 0.4) is 0 Å². The Labute approximate surface area is 107 Å². The molecule has 18 heavy (non-hydrogen) atoms. The van der Waals surface area contributed by atoms with E-state index in [2.05, 4.69) is 21.0 Å². The number of sulfonamides is 1. The van der Waals surface area contributed by atoms with Crippen LogP contribution in [0.25, 0.3) is 0 Å². The maximum atomic E-state index is 11.9. The first-order chi connectivity index (χ1) is 8.59.